The predicted molar refractivity (Wildman–Crippen MR) is 63.2 cm³/mol. The Balaban J connectivity index is 2.80. The van der Waals surface area contributed by atoms with E-state index in [9.17, 15) is 9.00 Å². The summed E-state index contributed by atoms with van der Waals surface area (Å²) < 4.78 is 11.0. The molecular weight excluding hydrogens is 228 g/mol. The van der Waals surface area contributed by atoms with Gasteiger partial charge in [-0.2, -0.15) is 0 Å². The molecule has 5 nitrogen and oxygen atoms in total. The molecule has 2 unspecified atom stereocenters. The molecule has 6 heteroatoms. The highest BCUT2D eigenvalue weighted by Crippen LogP contribution is 2.13. The van der Waals surface area contributed by atoms with Gasteiger partial charge in [0, 0.05) is 35.0 Å². The van der Waals surface area contributed by atoms with Crippen LogP contribution in [0.1, 0.15) is 17.4 Å². The molecule has 0 aliphatic rings. The second-order valence-corrected chi connectivity index (χ2v) is 4.97. The molecule has 0 aliphatic carbocycles. The molecule has 1 rings (SSSR count). The van der Waals surface area contributed by atoms with Crippen LogP contribution in [0.15, 0.2) is 18.3 Å². The third-order valence-electron chi connectivity index (χ3n) is 1.90. The van der Waals surface area contributed by atoms with Crippen LogP contribution in [-0.2, 0) is 10.8 Å². The minimum atomic E-state index is -1.08. The maximum atomic E-state index is 11.0. The Morgan fingerprint density at radius 3 is 2.94 bits per heavy atom. The fourth-order valence-corrected chi connectivity index (χ4v) is 2.14. The van der Waals surface area contributed by atoms with E-state index < -0.39 is 16.8 Å². The molecule has 0 saturated carbocycles. The van der Waals surface area contributed by atoms with Crippen LogP contribution >= 0.6 is 0 Å². The van der Waals surface area contributed by atoms with Gasteiger partial charge in [-0.25, -0.2) is 9.78 Å². The van der Waals surface area contributed by atoms with E-state index in [0.29, 0.717) is 11.4 Å². The molecular formula is C10H14N2O3S. The number of hydrogen-bond acceptors (Lipinski definition) is 4. The van der Waals surface area contributed by atoms with E-state index in [0.717, 1.165) is 0 Å². The first kappa shape index (κ1) is 12.6. The summed E-state index contributed by atoms with van der Waals surface area (Å²) in [6, 6.07) is 3.24. The van der Waals surface area contributed by atoms with Crippen molar-refractivity contribution in [2.24, 2.45) is 0 Å². The first-order chi connectivity index (χ1) is 7.50. The zero-order valence-corrected chi connectivity index (χ0v) is 9.95. The number of pyridine rings is 1. The molecule has 16 heavy (non-hydrogen) atoms. The minimum Gasteiger partial charge on any atom is -0.476 e. The molecule has 1 aromatic rings. The van der Waals surface area contributed by atoms with Gasteiger partial charge in [-0.3, -0.25) is 4.21 Å². The van der Waals surface area contributed by atoms with Crippen molar-refractivity contribution in [3.05, 3.63) is 24.0 Å². The number of aromatic carboxylic acids is 1. The van der Waals surface area contributed by atoms with Crippen LogP contribution in [0.3, 0.4) is 0 Å². The third-order valence-corrected chi connectivity index (χ3v) is 2.87. The van der Waals surface area contributed by atoms with E-state index >= 15 is 0 Å². The van der Waals surface area contributed by atoms with Crippen LogP contribution in [0.4, 0.5) is 5.69 Å². The van der Waals surface area contributed by atoms with Crippen molar-refractivity contribution in [3.8, 4) is 0 Å². The number of nitrogens with one attached hydrogen (secondary N) is 1. The number of aromatic nitrogens is 1. The number of nitrogens with zero attached hydrogens (tertiary/aromatic N) is 1. The molecule has 88 valence electrons. The first-order valence-electron chi connectivity index (χ1n) is 4.75. The second-order valence-electron chi connectivity index (χ2n) is 3.49. The highest BCUT2D eigenvalue weighted by atomic mass is 32.2. The largest absolute Gasteiger partial charge is 0.476 e. The highest BCUT2D eigenvalue weighted by Gasteiger charge is 2.13. The molecule has 0 aliphatic heterocycles. The quantitative estimate of drug-likeness (QED) is 0.804. The summed E-state index contributed by atoms with van der Waals surface area (Å²) in [6.45, 7) is 1.85. The third kappa shape index (κ3) is 3.62. The normalized spacial score (nSPS) is 14.1. The lowest BCUT2D eigenvalue weighted by molar-refractivity contribution is 0.0691. The van der Waals surface area contributed by atoms with Gasteiger partial charge >= 0.3 is 5.97 Å². The Kier molecular flexibility index (Phi) is 4.42. The van der Waals surface area contributed by atoms with E-state index in [1.807, 2.05) is 6.92 Å². The molecule has 2 atom stereocenters. The van der Waals surface area contributed by atoms with E-state index in [4.69, 9.17) is 5.11 Å². The molecule has 0 fully saturated rings. The molecule has 0 amide bonds. The monoisotopic (exact) mass is 242 g/mol. The summed E-state index contributed by atoms with van der Waals surface area (Å²) in [5.41, 5.74) is 0.434. The Hall–Kier alpha value is -1.43. The molecule has 0 aromatic carbocycles. The topological polar surface area (TPSA) is 79.3 Å². The molecule has 0 radical (unpaired) electrons. The molecule has 1 heterocycles. The van der Waals surface area contributed by atoms with Crippen LogP contribution in [0, 0.1) is 0 Å². The number of rotatable bonds is 5. The van der Waals surface area contributed by atoms with Gasteiger partial charge < -0.3 is 10.4 Å². The van der Waals surface area contributed by atoms with Gasteiger partial charge in [0.2, 0.25) is 0 Å². The van der Waals surface area contributed by atoms with Crippen LogP contribution in [-0.4, -0.2) is 38.3 Å². The summed E-state index contributed by atoms with van der Waals surface area (Å²) in [7, 11) is -0.917. The number of carbonyl (C=O) groups is 1. The van der Waals surface area contributed by atoms with Gasteiger partial charge in [0.15, 0.2) is 5.69 Å². The lowest BCUT2D eigenvalue weighted by atomic mass is 10.2. The summed E-state index contributed by atoms with van der Waals surface area (Å²) in [5, 5.41) is 11.9. The Bertz CT molecular complexity index is 409. The van der Waals surface area contributed by atoms with Crippen LogP contribution in [0.5, 0.6) is 0 Å². The Labute approximate surface area is 96.4 Å². The molecule has 0 spiro atoms. The molecule has 0 saturated heterocycles. The summed E-state index contributed by atoms with van der Waals surface area (Å²) in [5.74, 6) is -0.610. The maximum absolute atomic E-state index is 11.0. The van der Waals surface area contributed by atoms with Crippen molar-refractivity contribution >= 4 is 22.5 Å². The average Bonchev–Trinajstić information content (AvgIpc) is 2.16. The van der Waals surface area contributed by atoms with Crippen molar-refractivity contribution in [2.75, 3.05) is 17.3 Å². The number of anilines is 1. The number of carboxylic acids is 1. The summed E-state index contributed by atoms with van der Waals surface area (Å²) in [4.78, 5) is 14.6. The second kappa shape index (κ2) is 5.60. The van der Waals surface area contributed by atoms with Gasteiger partial charge in [-0.1, -0.05) is 0 Å². The summed E-state index contributed by atoms with van der Waals surface area (Å²) in [6.07, 6.45) is 3.04. The Morgan fingerprint density at radius 1 is 1.69 bits per heavy atom. The van der Waals surface area contributed by atoms with Crippen molar-refractivity contribution in [1.82, 2.24) is 4.98 Å². The van der Waals surface area contributed by atoms with E-state index in [2.05, 4.69) is 10.3 Å². The fraction of sp³-hybridized carbons (Fsp3) is 0.400. The van der Waals surface area contributed by atoms with Crippen LogP contribution in [0.25, 0.3) is 0 Å². The van der Waals surface area contributed by atoms with Crippen LogP contribution < -0.4 is 5.32 Å². The lowest BCUT2D eigenvalue weighted by Crippen LogP contribution is -2.23. The van der Waals surface area contributed by atoms with Gasteiger partial charge in [0.1, 0.15) is 0 Å². The fourth-order valence-electron chi connectivity index (χ4n) is 1.35. The van der Waals surface area contributed by atoms with E-state index in [1.165, 1.54) is 6.20 Å². The van der Waals surface area contributed by atoms with Gasteiger partial charge in [-0.05, 0) is 19.1 Å². The summed E-state index contributed by atoms with van der Waals surface area (Å²) >= 11 is 0. The van der Waals surface area contributed by atoms with Crippen molar-refractivity contribution in [1.29, 1.82) is 0 Å². The van der Waals surface area contributed by atoms with Crippen LogP contribution in [0.2, 0.25) is 0 Å². The van der Waals surface area contributed by atoms with Gasteiger partial charge in [-0.15, -0.1) is 0 Å². The maximum Gasteiger partial charge on any atom is 0.356 e. The molecule has 0 bridgehead atoms. The number of hydrogen-bond donors (Lipinski definition) is 2. The Morgan fingerprint density at radius 2 is 2.38 bits per heavy atom. The molecule has 1 aromatic heterocycles. The SMILES string of the molecule is CC(CS(C)=O)Nc1cccnc1C(=O)O. The zero-order chi connectivity index (χ0) is 12.1. The molecule has 2 N–H and O–H groups in total. The number of carboxylic acid groups (broad SMARTS) is 1. The first-order valence-corrected chi connectivity index (χ1v) is 6.48. The average molecular weight is 242 g/mol. The minimum absolute atomic E-state index is 0.0174. The van der Waals surface area contributed by atoms with Gasteiger partial charge in [0.05, 0.1) is 5.69 Å². The zero-order valence-electron chi connectivity index (χ0n) is 9.14. The smallest absolute Gasteiger partial charge is 0.356 e. The predicted octanol–water partition coefficient (Wildman–Crippen LogP) is 0.959. The van der Waals surface area contributed by atoms with Crippen molar-refractivity contribution in [3.63, 3.8) is 0 Å². The standard InChI is InChI=1S/C10H14N2O3S/c1-7(6-16(2)15)12-8-4-3-5-11-9(8)10(13)14/h3-5,7,12H,6H2,1-2H3,(H,13,14). The van der Waals surface area contributed by atoms with Crippen molar-refractivity contribution < 1.29 is 14.1 Å². The van der Waals surface area contributed by atoms with E-state index in [1.54, 1.807) is 18.4 Å². The highest BCUT2D eigenvalue weighted by molar-refractivity contribution is 7.84. The van der Waals surface area contributed by atoms with E-state index in [-0.39, 0.29) is 11.7 Å². The van der Waals surface area contributed by atoms with Gasteiger partial charge in [0.25, 0.3) is 0 Å². The van der Waals surface area contributed by atoms with Crippen molar-refractivity contribution in [2.45, 2.75) is 13.0 Å². The lowest BCUT2D eigenvalue weighted by Gasteiger charge is -2.14.